The summed E-state index contributed by atoms with van der Waals surface area (Å²) in [5.74, 6) is 0. The van der Waals surface area contributed by atoms with Crippen LogP contribution in [0.25, 0.3) is 10.8 Å². The molecule has 3 N–H and O–H groups in total. The smallest absolute Gasteiger partial charge is 0.150 e. The van der Waals surface area contributed by atoms with Crippen LogP contribution in [-0.4, -0.2) is 6.29 Å². The van der Waals surface area contributed by atoms with Gasteiger partial charge in [-0.25, -0.2) is 0 Å². The predicted molar refractivity (Wildman–Crippen MR) is 51.9 cm³/mol. The van der Waals surface area contributed by atoms with Gasteiger partial charge in [-0.15, -0.1) is 0 Å². The second-order valence-corrected chi connectivity index (χ2v) is 3.06. The van der Waals surface area contributed by atoms with E-state index >= 15 is 0 Å². The van der Waals surface area contributed by atoms with Gasteiger partial charge in [0.1, 0.15) is 12.0 Å². The van der Waals surface area contributed by atoms with E-state index in [2.05, 4.69) is 5.73 Å². The molecule has 2 rings (SSSR count). The van der Waals surface area contributed by atoms with E-state index in [9.17, 15) is 4.79 Å². The third kappa shape index (κ3) is 1.44. The van der Waals surface area contributed by atoms with Gasteiger partial charge in [-0.05, 0) is 29.0 Å². The van der Waals surface area contributed by atoms with Crippen molar-refractivity contribution in [3.05, 3.63) is 42.0 Å². The third-order valence-corrected chi connectivity index (χ3v) is 2.06. The number of quaternary nitrogens is 1. The van der Waals surface area contributed by atoms with Gasteiger partial charge in [-0.2, -0.15) is 0 Å². The van der Waals surface area contributed by atoms with Crippen LogP contribution in [0.2, 0.25) is 0 Å². The Kier molecular flexibility index (Phi) is 1.83. The lowest BCUT2D eigenvalue weighted by molar-refractivity contribution is -0.254. The minimum atomic E-state index is 0.707. The summed E-state index contributed by atoms with van der Waals surface area (Å²) in [5.41, 5.74) is 5.51. The van der Waals surface area contributed by atoms with Crippen molar-refractivity contribution in [2.75, 3.05) is 0 Å². The molecule has 0 aromatic heterocycles. The maximum absolute atomic E-state index is 10.5. The van der Waals surface area contributed by atoms with Crippen LogP contribution < -0.4 is 5.73 Å². The molecular weight excluding hydrogens is 162 g/mol. The Morgan fingerprint density at radius 2 is 1.77 bits per heavy atom. The van der Waals surface area contributed by atoms with E-state index in [1.165, 1.54) is 0 Å². The molecule has 0 heterocycles. The lowest BCUT2D eigenvalue weighted by atomic mass is 10.1. The Balaban J connectivity index is 2.74. The Hall–Kier alpha value is -1.67. The van der Waals surface area contributed by atoms with Crippen LogP contribution in [0.3, 0.4) is 0 Å². The number of hydrogen-bond donors (Lipinski definition) is 1. The standard InChI is InChI=1S/C11H9NO/c12-11-4-3-9-2-1-8(7-13)5-10(9)6-11/h1-7H,12H2/p+1. The molecule has 0 amide bonds. The molecule has 0 spiro atoms. The highest BCUT2D eigenvalue weighted by atomic mass is 16.1. The number of aldehydes is 1. The fourth-order valence-electron chi connectivity index (χ4n) is 1.39. The second kappa shape index (κ2) is 2.99. The number of carbonyl (C=O) groups excluding carboxylic acids is 1. The third-order valence-electron chi connectivity index (χ3n) is 2.06. The van der Waals surface area contributed by atoms with Crippen molar-refractivity contribution in [1.29, 1.82) is 0 Å². The van der Waals surface area contributed by atoms with Gasteiger partial charge in [0.05, 0.1) is 0 Å². The van der Waals surface area contributed by atoms with Gasteiger partial charge >= 0.3 is 0 Å². The Morgan fingerprint density at radius 3 is 2.54 bits per heavy atom. The van der Waals surface area contributed by atoms with Crippen molar-refractivity contribution < 1.29 is 10.5 Å². The highest BCUT2D eigenvalue weighted by molar-refractivity contribution is 5.90. The van der Waals surface area contributed by atoms with Crippen LogP contribution in [0, 0.1) is 0 Å². The fraction of sp³-hybridized carbons (Fsp3) is 0. The summed E-state index contributed by atoms with van der Waals surface area (Å²) in [6.45, 7) is 0. The minimum Gasteiger partial charge on any atom is -0.325 e. The van der Waals surface area contributed by atoms with Crippen molar-refractivity contribution in [1.82, 2.24) is 0 Å². The van der Waals surface area contributed by atoms with E-state index in [-0.39, 0.29) is 0 Å². The fourth-order valence-corrected chi connectivity index (χ4v) is 1.39. The summed E-state index contributed by atoms with van der Waals surface area (Å²) in [6.07, 6.45) is 0.856. The molecule has 2 aromatic carbocycles. The predicted octanol–water partition coefficient (Wildman–Crippen LogP) is 1.53. The number of fused-ring (bicyclic) bond motifs is 1. The van der Waals surface area contributed by atoms with E-state index in [4.69, 9.17) is 0 Å². The van der Waals surface area contributed by atoms with Crippen molar-refractivity contribution in [2.24, 2.45) is 0 Å². The minimum absolute atomic E-state index is 0.707. The van der Waals surface area contributed by atoms with Crippen LogP contribution in [0.5, 0.6) is 0 Å². The number of hydrogen-bond acceptors (Lipinski definition) is 1. The van der Waals surface area contributed by atoms with Crippen LogP contribution in [-0.2, 0) is 0 Å². The molecule has 64 valence electrons. The molecule has 0 saturated carbocycles. The average Bonchev–Trinajstić information content (AvgIpc) is 2.16. The quantitative estimate of drug-likeness (QED) is 0.651. The van der Waals surface area contributed by atoms with Gasteiger partial charge in [-0.3, -0.25) is 4.79 Å². The molecule has 0 bridgehead atoms. The van der Waals surface area contributed by atoms with E-state index in [0.717, 1.165) is 22.7 Å². The highest BCUT2D eigenvalue weighted by Gasteiger charge is 1.96. The maximum atomic E-state index is 10.5. The number of rotatable bonds is 1. The van der Waals surface area contributed by atoms with Gasteiger partial charge in [0.25, 0.3) is 0 Å². The van der Waals surface area contributed by atoms with Crippen molar-refractivity contribution in [2.45, 2.75) is 0 Å². The number of benzene rings is 2. The topological polar surface area (TPSA) is 44.7 Å². The van der Waals surface area contributed by atoms with Crippen LogP contribution in [0.4, 0.5) is 5.69 Å². The molecule has 13 heavy (non-hydrogen) atoms. The molecule has 0 atom stereocenters. The summed E-state index contributed by atoms with van der Waals surface area (Å²) >= 11 is 0. The lowest BCUT2D eigenvalue weighted by Crippen LogP contribution is -2.39. The van der Waals surface area contributed by atoms with Crippen LogP contribution >= 0.6 is 0 Å². The molecule has 0 saturated heterocycles. The normalized spacial score (nSPS) is 10.2. The first-order valence-electron chi connectivity index (χ1n) is 4.10. The number of carbonyl (C=O) groups is 1. The Labute approximate surface area is 76.0 Å². The molecule has 0 aliphatic rings. The van der Waals surface area contributed by atoms with Gasteiger partial charge in [0, 0.05) is 11.6 Å². The molecule has 0 unspecified atom stereocenters. The summed E-state index contributed by atoms with van der Waals surface area (Å²) < 4.78 is 0. The molecule has 0 radical (unpaired) electrons. The van der Waals surface area contributed by atoms with Crippen LogP contribution in [0.1, 0.15) is 10.4 Å². The van der Waals surface area contributed by atoms with Crippen molar-refractivity contribution in [3.8, 4) is 0 Å². The molecule has 2 heteroatoms. The average molecular weight is 172 g/mol. The van der Waals surface area contributed by atoms with E-state index in [1.54, 1.807) is 0 Å². The van der Waals surface area contributed by atoms with Gasteiger partial charge < -0.3 is 5.73 Å². The summed E-state index contributed by atoms with van der Waals surface area (Å²) in [5, 5.41) is 2.20. The van der Waals surface area contributed by atoms with Crippen molar-refractivity contribution in [3.63, 3.8) is 0 Å². The van der Waals surface area contributed by atoms with Crippen LogP contribution in [0.15, 0.2) is 36.4 Å². The molecular formula is C11H10NO+. The summed E-state index contributed by atoms with van der Waals surface area (Å²) in [7, 11) is 0. The molecule has 0 fully saturated rings. The first-order valence-corrected chi connectivity index (χ1v) is 4.10. The van der Waals surface area contributed by atoms with Gasteiger partial charge in [0.2, 0.25) is 0 Å². The largest absolute Gasteiger partial charge is 0.325 e. The zero-order valence-electron chi connectivity index (χ0n) is 7.16. The highest BCUT2D eigenvalue weighted by Crippen LogP contribution is 2.17. The zero-order chi connectivity index (χ0) is 9.26. The first-order chi connectivity index (χ1) is 6.29. The molecule has 0 aliphatic carbocycles. The maximum Gasteiger partial charge on any atom is 0.150 e. The van der Waals surface area contributed by atoms with E-state index in [0.29, 0.717) is 5.56 Å². The monoisotopic (exact) mass is 172 g/mol. The Bertz CT molecular complexity index is 463. The Morgan fingerprint density at radius 1 is 1.00 bits per heavy atom. The SMILES string of the molecule is [NH3+]c1ccc2ccc(C=O)cc2c1. The van der Waals surface area contributed by atoms with Gasteiger partial charge in [-0.1, -0.05) is 12.1 Å². The van der Waals surface area contributed by atoms with Gasteiger partial charge in [0.15, 0.2) is 0 Å². The van der Waals surface area contributed by atoms with Crippen molar-refractivity contribution >= 4 is 22.7 Å². The van der Waals surface area contributed by atoms with E-state index in [1.807, 2.05) is 36.4 Å². The summed E-state index contributed by atoms with van der Waals surface area (Å²) in [4.78, 5) is 10.5. The zero-order valence-corrected chi connectivity index (χ0v) is 7.16. The molecule has 2 nitrogen and oxygen atoms in total. The second-order valence-electron chi connectivity index (χ2n) is 3.06. The van der Waals surface area contributed by atoms with E-state index < -0.39 is 0 Å². The molecule has 0 aliphatic heterocycles. The first kappa shape index (κ1) is 7.95. The molecule has 2 aromatic rings. The lowest BCUT2D eigenvalue weighted by Gasteiger charge is -1.97. The summed E-state index contributed by atoms with van der Waals surface area (Å²) in [6, 6.07) is 11.6.